The fourth-order valence-electron chi connectivity index (χ4n) is 3.01. The van der Waals surface area contributed by atoms with E-state index in [4.69, 9.17) is 4.74 Å². The Morgan fingerprint density at radius 3 is 2.62 bits per heavy atom. The number of amides is 2. The number of ether oxygens (including phenoxy) is 1. The standard InChI is InChI=1S/C20H23N3O3/c1-3-26-19(24)15-5-4-6-17(11-15)21-20(25)22-18-8-7-14-9-10-23(2)13-16(14)12-18/h4-8,11-12H,3,9-10,13H2,1-2H3,(H2,21,22,25). The number of fused-ring (bicyclic) bond motifs is 1. The predicted octanol–water partition coefficient (Wildman–Crippen LogP) is 3.50. The normalized spacial score (nSPS) is 13.6. The number of carbonyl (C=O) groups excluding carboxylic acids is 2. The van der Waals surface area contributed by atoms with Gasteiger partial charge in [0.05, 0.1) is 12.2 Å². The third kappa shape index (κ3) is 4.40. The molecular weight excluding hydrogens is 330 g/mol. The van der Waals surface area contributed by atoms with Gasteiger partial charge in [0.15, 0.2) is 0 Å². The monoisotopic (exact) mass is 353 g/mol. The number of carbonyl (C=O) groups is 2. The maximum Gasteiger partial charge on any atom is 0.338 e. The molecule has 0 radical (unpaired) electrons. The van der Waals surface area contributed by atoms with Crippen LogP contribution in [0.5, 0.6) is 0 Å². The van der Waals surface area contributed by atoms with Gasteiger partial charge in [-0.1, -0.05) is 12.1 Å². The number of nitrogens with zero attached hydrogens (tertiary/aromatic N) is 1. The van der Waals surface area contributed by atoms with Crippen molar-refractivity contribution in [2.75, 3.05) is 30.8 Å². The summed E-state index contributed by atoms with van der Waals surface area (Å²) in [5.41, 5.74) is 4.25. The second-order valence-corrected chi connectivity index (χ2v) is 6.35. The summed E-state index contributed by atoms with van der Waals surface area (Å²) in [6.45, 7) is 4.00. The van der Waals surface area contributed by atoms with Crippen LogP contribution in [0.25, 0.3) is 0 Å². The number of rotatable bonds is 4. The van der Waals surface area contributed by atoms with Gasteiger partial charge >= 0.3 is 12.0 Å². The first-order valence-electron chi connectivity index (χ1n) is 8.70. The zero-order valence-electron chi connectivity index (χ0n) is 15.0. The van der Waals surface area contributed by atoms with Crippen molar-refractivity contribution < 1.29 is 14.3 Å². The highest BCUT2D eigenvalue weighted by molar-refractivity contribution is 6.00. The summed E-state index contributed by atoms with van der Waals surface area (Å²) in [4.78, 5) is 26.3. The predicted molar refractivity (Wildman–Crippen MR) is 102 cm³/mol. The van der Waals surface area contributed by atoms with E-state index >= 15 is 0 Å². The second-order valence-electron chi connectivity index (χ2n) is 6.35. The molecule has 0 fully saturated rings. The van der Waals surface area contributed by atoms with Crippen LogP contribution in [0.2, 0.25) is 0 Å². The minimum atomic E-state index is -0.407. The summed E-state index contributed by atoms with van der Waals surface area (Å²) in [5, 5.41) is 5.59. The molecule has 26 heavy (non-hydrogen) atoms. The molecule has 0 spiro atoms. The van der Waals surface area contributed by atoms with Crippen LogP contribution in [0.3, 0.4) is 0 Å². The van der Waals surface area contributed by atoms with Gasteiger partial charge in [-0.3, -0.25) is 0 Å². The lowest BCUT2D eigenvalue weighted by Gasteiger charge is -2.25. The lowest BCUT2D eigenvalue weighted by atomic mass is 9.99. The molecule has 1 aliphatic rings. The highest BCUT2D eigenvalue weighted by Gasteiger charge is 2.14. The molecule has 2 aromatic carbocycles. The van der Waals surface area contributed by atoms with Gasteiger partial charge in [-0.05, 0) is 61.9 Å². The van der Waals surface area contributed by atoms with Gasteiger partial charge in [0.1, 0.15) is 0 Å². The minimum Gasteiger partial charge on any atom is -0.462 e. The molecule has 1 heterocycles. The van der Waals surface area contributed by atoms with E-state index in [1.807, 2.05) is 12.1 Å². The zero-order chi connectivity index (χ0) is 18.5. The molecule has 0 atom stereocenters. The van der Waals surface area contributed by atoms with Gasteiger partial charge in [0.25, 0.3) is 0 Å². The summed E-state index contributed by atoms with van der Waals surface area (Å²) < 4.78 is 4.97. The Morgan fingerprint density at radius 1 is 1.08 bits per heavy atom. The first-order valence-corrected chi connectivity index (χ1v) is 8.70. The maximum absolute atomic E-state index is 12.3. The van der Waals surface area contributed by atoms with Crippen LogP contribution in [0, 0.1) is 0 Å². The third-order valence-electron chi connectivity index (χ3n) is 4.30. The molecule has 2 amide bonds. The molecule has 2 aromatic rings. The zero-order valence-corrected chi connectivity index (χ0v) is 15.0. The number of likely N-dealkylation sites (N-methyl/N-ethyl adjacent to an activating group) is 1. The van der Waals surface area contributed by atoms with Crippen LogP contribution in [0.1, 0.15) is 28.4 Å². The summed E-state index contributed by atoms with van der Waals surface area (Å²) >= 11 is 0. The fourth-order valence-corrected chi connectivity index (χ4v) is 3.01. The summed E-state index contributed by atoms with van der Waals surface area (Å²) in [6.07, 6.45) is 1.03. The van der Waals surface area contributed by atoms with E-state index in [1.165, 1.54) is 11.1 Å². The fraction of sp³-hybridized carbons (Fsp3) is 0.300. The van der Waals surface area contributed by atoms with Gasteiger partial charge in [-0.15, -0.1) is 0 Å². The first-order chi connectivity index (χ1) is 12.5. The Balaban J connectivity index is 1.65. The average Bonchev–Trinajstić information content (AvgIpc) is 2.61. The van der Waals surface area contributed by atoms with E-state index in [-0.39, 0.29) is 6.03 Å². The van der Waals surface area contributed by atoms with Crippen molar-refractivity contribution in [2.45, 2.75) is 19.9 Å². The molecule has 0 unspecified atom stereocenters. The smallest absolute Gasteiger partial charge is 0.338 e. The van der Waals surface area contributed by atoms with Gasteiger partial charge < -0.3 is 20.3 Å². The quantitative estimate of drug-likeness (QED) is 0.826. The Hall–Kier alpha value is -2.86. The van der Waals surface area contributed by atoms with Gasteiger partial charge in [0.2, 0.25) is 0 Å². The van der Waals surface area contributed by atoms with Crippen LogP contribution in [0.15, 0.2) is 42.5 Å². The number of hydrogen-bond acceptors (Lipinski definition) is 4. The van der Waals surface area contributed by atoms with Crippen molar-refractivity contribution in [2.24, 2.45) is 0 Å². The lowest BCUT2D eigenvalue weighted by molar-refractivity contribution is 0.0526. The summed E-state index contributed by atoms with van der Waals surface area (Å²) in [7, 11) is 2.09. The topological polar surface area (TPSA) is 70.7 Å². The molecule has 6 nitrogen and oxygen atoms in total. The third-order valence-corrected chi connectivity index (χ3v) is 4.30. The number of nitrogens with one attached hydrogen (secondary N) is 2. The minimum absolute atomic E-state index is 0.310. The molecule has 136 valence electrons. The van der Waals surface area contributed by atoms with Crippen LogP contribution >= 0.6 is 0 Å². The first kappa shape index (κ1) is 17.9. The van der Waals surface area contributed by atoms with E-state index in [9.17, 15) is 9.59 Å². The van der Waals surface area contributed by atoms with Crippen LogP contribution < -0.4 is 10.6 Å². The van der Waals surface area contributed by atoms with Crippen LogP contribution in [-0.2, 0) is 17.7 Å². The maximum atomic E-state index is 12.3. The number of urea groups is 1. The van der Waals surface area contributed by atoms with E-state index in [1.54, 1.807) is 31.2 Å². The largest absolute Gasteiger partial charge is 0.462 e. The molecule has 0 aliphatic carbocycles. The summed E-state index contributed by atoms with van der Waals surface area (Å²) in [6, 6.07) is 12.3. The molecule has 6 heteroatoms. The van der Waals surface area contributed by atoms with E-state index in [0.29, 0.717) is 17.9 Å². The Labute approximate surface area is 153 Å². The van der Waals surface area contributed by atoms with Crippen molar-refractivity contribution in [1.29, 1.82) is 0 Å². The van der Waals surface area contributed by atoms with E-state index in [0.717, 1.165) is 25.2 Å². The van der Waals surface area contributed by atoms with Crippen molar-refractivity contribution in [3.63, 3.8) is 0 Å². The molecular formula is C20H23N3O3. The van der Waals surface area contributed by atoms with Crippen LogP contribution in [-0.4, -0.2) is 37.1 Å². The number of anilines is 2. The van der Waals surface area contributed by atoms with E-state index < -0.39 is 5.97 Å². The molecule has 0 aromatic heterocycles. The van der Waals surface area contributed by atoms with Crippen molar-refractivity contribution in [3.8, 4) is 0 Å². The van der Waals surface area contributed by atoms with Gasteiger partial charge in [-0.2, -0.15) is 0 Å². The Morgan fingerprint density at radius 2 is 1.85 bits per heavy atom. The van der Waals surface area contributed by atoms with Gasteiger partial charge in [0, 0.05) is 24.5 Å². The Bertz CT molecular complexity index is 820. The highest BCUT2D eigenvalue weighted by Crippen LogP contribution is 2.22. The number of benzene rings is 2. The summed E-state index contributed by atoms with van der Waals surface area (Å²) in [5.74, 6) is -0.407. The van der Waals surface area contributed by atoms with E-state index in [2.05, 4.69) is 28.6 Å². The van der Waals surface area contributed by atoms with Crippen molar-refractivity contribution in [1.82, 2.24) is 4.90 Å². The number of hydrogen-bond donors (Lipinski definition) is 2. The molecule has 3 rings (SSSR count). The molecule has 0 bridgehead atoms. The molecule has 0 saturated heterocycles. The second kappa shape index (κ2) is 8.01. The van der Waals surface area contributed by atoms with Gasteiger partial charge in [-0.25, -0.2) is 9.59 Å². The molecule has 0 saturated carbocycles. The lowest BCUT2D eigenvalue weighted by Crippen LogP contribution is -2.27. The Kier molecular flexibility index (Phi) is 5.53. The van der Waals surface area contributed by atoms with Crippen molar-refractivity contribution in [3.05, 3.63) is 59.2 Å². The van der Waals surface area contributed by atoms with Crippen LogP contribution in [0.4, 0.5) is 16.2 Å². The molecule has 1 aliphatic heterocycles. The SMILES string of the molecule is CCOC(=O)c1cccc(NC(=O)Nc2ccc3c(c2)CN(C)CC3)c1. The van der Waals surface area contributed by atoms with Crippen molar-refractivity contribution >= 4 is 23.4 Å². The molecule has 2 N–H and O–H groups in total. The average molecular weight is 353 g/mol. The highest BCUT2D eigenvalue weighted by atomic mass is 16.5. The number of esters is 1.